The summed E-state index contributed by atoms with van der Waals surface area (Å²) in [6, 6.07) is 1.79. The highest BCUT2D eigenvalue weighted by Gasteiger charge is 2.26. The topological polar surface area (TPSA) is 67.4 Å². The molecule has 134 valence electrons. The third-order valence-corrected chi connectivity index (χ3v) is 6.11. The Labute approximate surface area is 155 Å². The minimum atomic E-state index is -0.159. The van der Waals surface area contributed by atoms with Crippen LogP contribution in [0.15, 0.2) is 16.8 Å². The first-order valence-electron chi connectivity index (χ1n) is 8.46. The molecule has 1 aliphatic carbocycles. The number of rotatable bonds is 7. The van der Waals surface area contributed by atoms with E-state index in [0.717, 1.165) is 37.7 Å². The second kappa shape index (κ2) is 8.60. The van der Waals surface area contributed by atoms with E-state index in [1.165, 1.54) is 16.2 Å². The Balaban J connectivity index is 1.80. The monoisotopic (exact) mass is 378 g/mol. The lowest BCUT2D eigenvalue weighted by atomic mass is 9.95. The van der Waals surface area contributed by atoms with Gasteiger partial charge in [-0.25, -0.2) is 0 Å². The van der Waals surface area contributed by atoms with E-state index >= 15 is 0 Å². The van der Waals surface area contributed by atoms with Crippen molar-refractivity contribution in [2.45, 2.75) is 32.1 Å². The van der Waals surface area contributed by atoms with Crippen molar-refractivity contribution in [1.82, 2.24) is 5.32 Å². The lowest BCUT2D eigenvalue weighted by Gasteiger charge is -2.13. The van der Waals surface area contributed by atoms with E-state index in [1.54, 1.807) is 24.5 Å². The van der Waals surface area contributed by atoms with Crippen LogP contribution in [-0.4, -0.2) is 32.1 Å². The zero-order chi connectivity index (χ0) is 17.6. The maximum atomic E-state index is 12.7. The molecular weight excluding hydrogens is 356 g/mol. The first kappa shape index (κ1) is 18.1. The van der Waals surface area contributed by atoms with Gasteiger partial charge in [-0.3, -0.25) is 9.59 Å². The zero-order valence-corrected chi connectivity index (χ0v) is 15.9. The number of carbonyl (C=O) groups is 2. The summed E-state index contributed by atoms with van der Waals surface area (Å²) in [6.07, 6.45) is 4.89. The molecule has 0 aromatic carbocycles. The number of aryl methyl sites for hydroxylation is 1. The Morgan fingerprint density at radius 1 is 1.24 bits per heavy atom. The van der Waals surface area contributed by atoms with Crippen molar-refractivity contribution in [3.8, 4) is 0 Å². The van der Waals surface area contributed by atoms with Gasteiger partial charge in [0.2, 0.25) is 0 Å². The van der Waals surface area contributed by atoms with E-state index in [0.29, 0.717) is 29.3 Å². The van der Waals surface area contributed by atoms with Crippen LogP contribution in [0.25, 0.3) is 0 Å². The highest BCUT2D eigenvalue weighted by atomic mass is 32.1. The standard InChI is InChI=1S/C18H22N2O3S2/c1-23-9-4-8-19-17(22)15-13-5-2-3-6-14(13)25-18(15)20-16(21)12-7-10-24-11-12/h7,10-11H,2-6,8-9H2,1H3,(H,19,22)(H,20,21). The minimum absolute atomic E-state index is 0.101. The SMILES string of the molecule is COCCCNC(=O)c1c(NC(=O)c2ccsc2)sc2c1CCCC2. The largest absolute Gasteiger partial charge is 0.385 e. The fraction of sp³-hybridized carbons (Fsp3) is 0.444. The summed E-state index contributed by atoms with van der Waals surface area (Å²) in [5, 5.41) is 10.3. The fourth-order valence-electron chi connectivity index (χ4n) is 2.97. The molecule has 25 heavy (non-hydrogen) atoms. The van der Waals surface area contributed by atoms with Gasteiger partial charge < -0.3 is 15.4 Å². The lowest BCUT2D eigenvalue weighted by molar-refractivity contribution is 0.0948. The van der Waals surface area contributed by atoms with Crippen molar-refractivity contribution in [2.24, 2.45) is 0 Å². The maximum Gasteiger partial charge on any atom is 0.257 e. The summed E-state index contributed by atoms with van der Waals surface area (Å²) >= 11 is 3.03. The van der Waals surface area contributed by atoms with Crippen molar-refractivity contribution in [1.29, 1.82) is 0 Å². The van der Waals surface area contributed by atoms with Gasteiger partial charge in [-0.1, -0.05) is 0 Å². The molecule has 2 amide bonds. The summed E-state index contributed by atoms with van der Waals surface area (Å²) in [6.45, 7) is 1.18. The molecule has 0 spiro atoms. The number of ether oxygens (including phenoxy) is 1. The van der Waals surface area contributed by atoms with Gasteiger partial charge in [-0.2, -0.15) is 11.3 Å². The number of nitrogens with one attached hydrogen (secondary N) is 2. The predicted octanol–water partition coefficient (Wildman–Crippen LogP) is 3.71. The molecule has 0 fully saturated rings. The molecule has 3 rings (SSSR count). The molecule has 0 bridgehead atoms. The highest BCUT2D eigenvalue weighted by molar-refractivity contribution is 7.17. The number of thiophene rings is 2. The number of methoxy groups -OCH3 is 1. The van der Waals surface area contributed by atoms with Gasteiger partial charge in [-0.05, 0) is 49.1 Å². The molecule has 1 aliphatic rings. The second-order valence-corrected chi connectivity index (χ2v) is 7.87. The Kier molecular flexibility index (Phi) is 6.23. The smallest absolute Gasteiger partial charge is 0.257 e. The molecule has 0 saturated carbocycles. The molecule has 0 atom stereocenters. The molecule has 2 aromatic rings. The van der Waals surface area contributed by atoms with E-state index in [-0.39, 0.29) is 11.8 Å². The minimum Gasteiger partial charge on any atom is -0.385 e. The molecule has 2 N–H and O–H groups in total. The molecule has 5 nitrogen and oxygen atoms in total. The van der Waals surface area contributed by atoms with Crippen LogP contribution in [0, 0.1) is 0 Å². The number of hydrogen-bond acceptors (Lipinski definition) is 5. The van der Waals surface area contributed by atoms with Gasteiger partial charge in [0.15, 0.2) is 0 Å². The normalized spacial score (nSPS) is 13.3. The van der Waals surface area contributed by atoms with Crippen LogP contribution in [0.3, 0.4) is 0 Å². The molecule has 0 saturated heterocycles. The molecule has 0 unspecified atom stereocenters. The first-order chi connectivity index (χ1) is 12.2. The first-order valence-corrected chi connectivity index (χ1v) is 10.2. The molecule has 2 heterocycles. The Morgan fingerprint density at radius 3 is 2.84 bits per heavy atom. The Bertz CT molecular complexity index is 738. The van der Waals surface area contributed by atoms with Crippen molar-refractivity contribution in [3.63, 3.8) is 0 Å². The third kappa shape index (κ3) is 4.29. The Morgan fingerprint density at radius 2 is 2.08 bits per heavy atom. The number of hydrogen-bond donors (Lipinski definition) is 2. The van der Waals surface area contributed by atoms with Crippen LogP contribution in [0.1, 0.15) is 50.4 Å². The van der Waals surface area contributed by atoms with E-state index < -0.39 is 0 Å². The van der Waals surface area contributed by atoms with Gasteiger partial charge in [0, 0.05) is 30.5 Å². The van der Waals surface area contributed by atoms with Crippen LogP contribution in [-0.2, 0) is 17.6 Å². The van der Waals surface area contributed by atoms with Crippen LogP contribution in [0.2, 0.25) is 0 Å². The second-order valence-electron chi connectivity index (χ2n) is 5.98. The average Bonchev–Trinajstić information content (AvgIpc) is 3.26. The van der Waals surface area contributed by atoms with E-state index in [4.69, 9.17) is 4.74 Å². The van der Waals surface area contributed by atoms with E-state index in [9.17, 15) is 9.59 Å². The van der Waals surface area contributed by atoms with Crippen molar-refractivity contribution < 1.29 is 14.3 Å². The number of amides is 2. The summed E-state index contributed by atoms with van der Waals surface area (Å²) in [4.78, 5) is 26.4. The molecular formula is C18H22N2O3S2. The number of carbonyl (C=O) groups excluding carboxylic acids is 2. The van der Waals surface area contributed by atoms with Crippen LogP contribution < -0.4 is 10.6 Å². The van der Waals surface area contributed by atoms with Gasteiger partial charge in [0.05, 0.1) is 11.1 Å². The van der Waals surface area contributed by atoms with Crippen LogP contribution in [0.5, 0.6) is 0 Å². The number of anilines is 1. The summed E-state index contributed by atoms with van der Waals surface area (Å²) in [5.41, 5.74) is 2.39. The van der Waals surface area contributed by atoms with E-state index in [1.807, 2.05) is 10.8 Å². The van der Waals surface area contributed by atoms with E-state index in [2.05, 4.69) is 10.6 Å². The molecule has 2 aromatic heterocycles. The fourth-order valence-corrected chi connectivity index (χ4v) is 4.89. The molecule has 0 radical (unpaired) electrons. The Hall–Kier alpha value is -1.70. The quantitative estimate of drug-likeness (QED) is 0.722. The summed E-state index contributed by atoms with van der Waals surface area (Å²) in [7, 11) is 1.65. The van der Waals surface area contributed by atoms with Gasteiger partial charge in [0.25, 0.3) is 11.8 Å². The van der Waals surface area contributed by atoms with Gasteiger partial charge in [0.1, 0.15) is 5.00 Å². The maximum absolute atomic E-state index is 12.7. The number of fused-ring (bicyclic) bond motifs is 1. The van der Waals surface area contributed by atoms with Crippen LogP contribution >= 0.6 is 22.7 Å². The molecule has 7 heteroatoms. The average molecular weight is 379 g/mol. The van der Waals surface area contributed by atoms with Crippen molar-refractivity contribution >= 4 is 39.5 Å². The van der Waals surface area contributed by atoms with Gasteiger partial charge in [-0.15, -0.1) is 11.3 Å². The van der Waals surface area contributed by atoms with Crippen molar-refractivity contribution in [3.05, 3.63) is 38.4 Å². The molecule has 0 aliphatic heterocycles. The third-order valence-electron chi connectivity index (χ3n) is 4.22. The lowest BCUT2D eigenvalue weighted by Crippen LogP contribution is -2.27. The van der Waals surface area contributed by atoms with Crippen molar-refractivity contribution in [2.75, 3.05) is 25.6 Å². The zero-order valence-electron chi connectivity index (χ0n) is 14.2. The highest BCUT2D eigenvalue weighted by Crippen LogP contribution is 2.38. The summed E-state index contributed by atoms with van der Waals surface area (Å²) in [5.74, 6) is -0.260. The predicted molar refractivity (Wildman–Crippen MR) is 102 cm³/mol. The van der Waals surface area contributed by atoms with Crippen LogP contribution in [0.4, 0.5) is 5.00 Å². The summed E-state index contributed by atoms with van der Waals surface area (Å²) < 4.78 is 5.02. The van der Waals surface area contributed by atoms with Gasteiger partial charge >= 0.3 is 0 Å².